The molecule has 0 aromatic heterocycles. The number of nitrogens with zero attached hydrogens (tertiary/aromatic N) is 1. The van der Waals surface area contributed by atoms with Gasteiger partial charge < -0.3 is 20.3 Å². The van der Waals surface area contributed by atoms with Crippen molar-refractivity contribution in [1.29, 1.82) is 0 Å². The Morgan fingerprint density at radius 3 is 2.52 bits per heavy atom. The van der Waals surface area contributed by atoms with Crippen LogP contribution in [-0.2, 0) is 0 Å². The standard InChI is InChI=1S/C25H31N3O2S/c1-17-7-12-20-21(16-25(2,3)30-22(20)15-17)27-24(31)26-19-10-8-18(9-11-19)23(29)28-13-5-4-6-14-28/h7-12,15,21H,4-6,13-14,16H2,1-3H3,(H2,26,27,31). The Hall–Kier alpha value is -2.60. The molecule has 1 unspecified atom stereocenters. The number of rotatable bonds is 3. The molecular formula is C25H31N3O2S. The number of carbonyl (C=O) groups excluding carboxylic acids is 1. The van der Waals surface area contributed by atoms with E-state index < -0.39 is 0 Å². The molecule has 1 amide bonds. The van der Waals surface area contributed by atoms with Crippen LogP contribution in [0.25, 0.3) is 0 Å². The van der Waals surface area contributed by atoms with Gasteiger partial charge in [0.1, 0.15) is 11.4 Å². The summed E-state index contributed by atoms with van der Waals surface area (Å²) in [6, 6.07) is 13.9. The Kier molecular flexibility index (Phi) is 6.19. The van der Waals surface area contributed by atoms with Gasteiger partial charge in [-0.2, -0.15) is 0 Å². The van der Waals surface area contributed by atoms with E-state index in [-0.39, 0.29) is 17.6 Å². The van der Waals surface area contributed by atoms with Gasteiger partial charge in [-0.05, 0) is 88.1 Å². The molecule has 31 heavy (non-hydrogen) atoms. The number of fused-ring (bicyclic) bond motifs is 1. The molecule has 2 heterocycles. The van der Waals surface area contributed by atoms with Crippen LogP contribution in [-0.4, -0.2) is 34.6 Å². The Labute approximate surface area is 190 Å². The number of aryl methyl sites for hydroxylation is 1. The Balaban J connectivity index is 1.40. The third kappa shape index (κ3) is 5.18. The maximum absolute atomic E-state index is 12.7. The Morgan fingerprint density at radius 2 is 1.81 bits per heavy atom. The average Bonchev–Trinajstić information content (AvgIpc) is 2.73. The molecule has 0 aliphatic carbocycles. The molecule has 2 aliphatic heterocycles. The summed E-state index contributed by atoms with van der Waals surface area (Å²) in [5.74, 6) is 1.03. The number of nitrogens with one attached hydrogen (secondary N) is 2. The van der Waals surface area contributed by atoms with Gasteiger partial charge in [0, 0.05) is 36.3 Å². The van der Waals surface area contributed by atoms with Crippen LogP contribution in [0.2, 0.25) is 0 Å². The lowest BCUT2D eigenvalue weighted by molar-refractivity contribution is 0.0695. The lowest BCUT2D eigenvalue weighted by atomic mass is 9.89. The van der Waals surface area contributed by atoms with Gasteiger partial charge in [0.05, 0.1) is 6.04 Å². The molecule has 2 aromatic carbocycles. The van der Waals surface area contributed by atoms with Gasteiger partial charge in [-0.15, -0.1) is 0 Å². The third-order valence-corrected chi connectivity index (χ3v) is 6.18. The third-order valence-electron chi connectivity index (χ3n) is 5.96. The highest BCUT2D eigenvalue weighted by molar-refractivity contribution is 7.80. The van der Waals surface area contributed by atoms with Crippen LogP contribution < -0.4 is 15.4 Å². The van der Waals surface area contributed by atoms with E-state index >= 15 is 0 Å². The van der Waals surface area contributed by atoms with Crippen LogP contribution in [0, 0.1) is 6.92 Å². The van der Waals surface area contributed by atoms with E-state index in [0.29, 0.717) is 5.11 Å². The fourth-order valence-electron chi connectivity index (χ4n) is 4.39. The fourth-order valence-corrected chi connectivity index (χ4v) is 4.65. The molecule has 0 spiro atoms. The first-order chi connectivity index (χ1) is 14.8. The summed E-state index contributed by atoms with van der Waals surface area (Å²) in [5.41, 5.74) is 3.61. The summed E-state index contributed by atoms with van der Waals surface area (Å²) in [6.07, 6.45) is 4.22. The number of carbonyl (C=O) groups is 1. The molecule has 0 bridgehead atoms. The molecule has 4 rings (SSSR count). The maximum Gasteiger partial charge on any atom is 0.253 e. The van der Waals surface area contributed by atoms with Gasteiger partial charge >= 0.3 is 0 Å². The van der Waals surface area contributed by atoms with E-state index in [0.717, 1.165) is 54.9 Å². The molecule has 1 saturated heterocycles. The van der Waals surface area contributed by atoms with Crippen LogP contribution >= 0.6 is 12.2 Å². The van der Waals surface area contributed by atoms with Gasteiger partial charge in [-0.25, -0.2) is 0 Å². The second kappa shape index (κ2) is 8.87. The minimum Gasteiger partial charge on any atom is -0.487 e. The lowest BCUT2D eigenvalue weighted by Crippen LogP contribution is -2.42. The minimum atomic E-state index is -0.273. The molecule has 2 N–H and O–H groups in total. The Morgan fingerprint density at radius 1 is 1.10 bits per heavy atom. The SMILES string of the molecule is Cc1ccc2c(c1)OC(C)(C)CC2NC(=S)Nc1ccc(C(=O)N2CCCCC2)cc1. The number of ether oxygens (including phenoxy) is 1. The normalized spacial score (nSPS) is 19.7. The van der Waals surface area contributed by atoms with Crippen molar-refractivity contribution in [2.24, 2.45) is 0 Å². The monoisotopic (exact) mass is 437 g/mol. The summed E-state index contributed by atoms with van der Waals surface area (Å²) in [4.78, 5) is 14.6. The zero-order valence-corrected chi connectivity index (χ0v) is 19.3. The van der Waals surface area contributed by atoms with Crippen LogP contribution in [0.4, 0.5) is 5.69 Å². The summed E-state index contributed by atoms with van der Waals surface area (Å²) < 4.78 is 6.18. The van der Waals surface area contributed by atoms with E-state index in [2.05, 4.69) is 49.6 Å². The number of benzene rings is 2. The number of hydrogen-bond acceptors (Lipinski definition) is 3. The lowest BCUT2D eigenvalue weighted by Gasteiger charge is -2.38. The van der Waals surface area contributed by atoms with Crippen molar-refractivity contribution < 1.29 is 9.53 Å². The van der Waals surface area contributed by atoms with E-state index in [1.165, 1.54) is 12.0 Å². The zero-order valence-electron chi connectivity index (χ0n) is 18.5. The molecule has 1 fully saturated rings. The van der Waals surface area contributed by atoms with E-state index in [9.17, 15) is 4.79 Å². The number of anilines is 1. The second-order valence-corrected chi connectivity index (χ2v) is 9.60. The molecular weight excluding hydrogens is 406 g/mol. The first-order valence-corrected chi connectivity index (χ1v) is 11.5. The zero-order chi connectivity index (χ0) is 22.0. The van der Waals surface area contributed by atoms with Crippen molar-refractivity contribution in [2.75, 3.05) is 18.4 Å². The van der Waals surface area contributed by atoms with Crippen LogP contribution in [0.5, 0.6) is 5.75 Å². The van der Waals surface area contributed by atoms with Crippen LogP contribution in [0.1, 0.15) is 67.1 Å². The molecule has 2 aromatic rings. The van der Waals surface area contributed by atoms with Crippen LogP contribution in [0.15, 0.2) is 42.5 Å². The number of amides is 1. The molecule has 164 valence electrons. The molecule has 5 nitrogen and oxygen atoms in total. The van der Waals surface area contributed by atoms with Crippen molar-refractivity contribution in [2.45, 2.75) is 58.1 Å². The number of thiocarbonyl (C=S) groups is 1. The first-order valence-electron chi connectivity index (χ1n) is 11.1. The van der Waals surface area contributed by atoms with E-state index in [1.54, 1.807) is 0 Å². The largest absolute Gasteiger partial charge is 0.487 e. The number of hydrogen-bond donors (Lipinski definition) is 2. The fraction of sp³-hybridized carbons (Fsp3) is 0.440. The van der Waals surface area contributed by atoms with Crippen molar-refractivity contribution in [3.8, 4) is 5.75 Å². The average molecular weight is 438 g/mol. The molecule has 6 heteroatoms. The maximum atomic E-state index is 12.7. The van der Waals surface area contributed by atoms with Crippen molar-refractivity contribution in [3.05, 3.63) is 59.2 Å². The van der Waals surface area contributed by atoms with Gasteiger partial charge in [0.15, 0.2) is 5.11 Å². The highest BCUT2D eigenvalue weighted by atomic mass is 32.1. The number of piperidine rings is 1. The predicted octanol–water partition coefficient (Wildman–Crippen LogP) is 5.21. The topological polar surface area (TPSA) is 53.6 Å². The van der Waals surface area contributed by atoms with Gasteiger partial charge in [0.2, 0.25) is 0 Å². The summed E-state index contributed by atoms with van der Waals surface area (Å²) in [6.45, 7) is 7.98. The molecule has 2 aliphatic rings. The quantitative estimate of drug-likeness (QED) is 0.646. The Bertz CT molecular complexity index is 965. The molecule has 1 atom stereocenters. The highest BCUT2D eigenvalue weighted by Gasteiger charge is 2.34. The number of likely N-dealkylation sites (tertiary alicyclic amines) is 1. The summed E-state index contributed by atoms with van der Waals surface area (Å²) in [5, 5.41) is 7.27. The van der Waals surface area contributed by atoms with Crippen molar-refractivity contribution in [1.82, 2.24) is 10.2 Å². The van der Waals surface area contributed by atoms with Gasteiger partial charge in [-0.3, -0.25) is 4.79 Å². The molecule has 0 radical (unpaired) electrons. The van der Waals surface area contributed by atoms with Crippen molar-refractivity contribution in [3.63, 3.8) is 0 Å². The van der Waals surface area contributed by atoms with Gasteiger partial charge in [-0.1, -0.05) is 12.1 Å². The van der Waals surface area contributed by atoms with E-state index in [1.807, 2.05) is 29.2 Å². The minimum absolute atomic E-state index is 0.0688. The first kappa shape index (κ1) is 21.6. The van der Waals surface area contributed by atoms with Gasteiger partial charge in [0.25, 0.3) is 5.91 Å². The smallest absolute Gasteiger partial charge is 0.253 e. The van der Waals surface area contributed by atoms with E-state index in [4.69, 9.17) is 17.0 Å². The van der Waals surface area contributed by atoms with Crippen LogP contribution in [0.3, 0.4) is 0 Å². The predicted molar refractivity (Wildman–Crippen MR) is 129 cm³/mol. The highest BCUT2D eigenvalue weighted by Crippen LogP contribution is 2.39. The molecule has 0 saturated carbocycles. The summed E-state index contributed by atoms with van der Waals surface area (Å²) >= 11 is 5.60. The second-order valence-electron chi connectivity index (χ2n) is 9.19. The van der Waals surface area contributed by atoms with Crippen molar-refractivity contribution >= 4 is 28.9 Å². The summed E-state index contributed by atoms with van der Waals surface area (Å²) in [7, 11) is 0.